The van der Waals surface area contributed by atoms with Crippen molar-refractivity contribution in [3.8, 4) is 0 Å². The van der Waals surface area contributed by atoms with Crippen molar-refractivity contribution in [2.75, 3.05) is 5.75 Å². The minimum Gasteiger partial charge on any atom is -0.338 e. The highest BCUT2D eigenvalue weighted by Gasteiger charge is 2.06. The molecule has 164 valence electrons. The molecule has 0 aliphatic heterocycles. The Morgan fingerprint density at radius 1 is 0.519 bits per heavy atom. The summed E-state index contributed by atoms with van der Waals surface area (Å²) in [6.07, 6.45) is 27.7. The van der Waals surface area contributed by atoms with Crippen LogP contribution in [0.5, 0.6) is 0 Å². The Balaban J connectivity index is 3.02. The highest BCUT2D eigenvalue weighted by Crippen LogP contribution is 2.50. The van der Waals surface area contributed by atoms with Crippen LogP contribution in [0, 0.1) is 0 Å². The molecule has 0 atom stereocenters. The molecule has 0 amide bonds. The van der Waals surface area contributed by atoms with Crippen molar-refractivity contribution in [1.82, 2.24) is 0 Å². The van der Waals surface area contributed by atoms with E-state index >= 15 is 0 Å². The first-order chi connectivity index (χ1) is 13.1. The van der Waals surface area contributed by atoms with Gasteiger partial charge < -0.3 is 9.79 Å². The third kappa shape index (κ3) is 26.9. The van der Waals surface area contributed by atoms with E-state index in [-0.39, 0.29) is 0 Å². The van der Waals surface area contributed by atoms with E-state index in [1.54, 1.807) is 0 Å². The lowest BCUT2D eigenvalue weighted by Gasteiger charge is -2.06. The maximum Gasteiger partial charge on any atom is 0.242 e. The summed E-state index contributed by atoms with van der Waals surface area (Å²) in [6, 6.07) is 0. The molecule has 0 aromatic heterocycles. The van der Waals surface area contributed by atoms with Gasteiger partial charge in [-0.05, 0) is 18.2 Å². The highest BCUT2D eigenvalue weighted by molar-refractivity contribution is 8.67. The zero-order chi connectivity index (χ0) is 20.1. The molecule has 0 heterocycles. The first kappa shape index (κ1) is 27.9. The second kappa shape index (κ2) is 21.6. The average molecular weight is 439 g/mol. The van der Waals surface area contributed by atoms with Gasteiger partial charge in [0.05, 0.1) is 0 Å². The molecule has 0 aliphatic carbocycles. The summed E-state index contributed by atoms with van der Waals surface area (Å²) < 4.78 is 0. The third-order valence-electron chi connectivity index (χ3n) is 5.26. The van der Waals surface area contributed by atoms with E-state index in [2.05, 4.69) is 18.7 Å². The van der Waals surface area contributed by atoms with Crippen molar-refractivity contribution in [3.05, 3.63) is 0 Å². The van der Waals surface area contributed by atoms with Crippen molar-refractivity contribution in [3.63, 3.8) is 0 Å². The molecule has 0 unspecified atom stereocenters. The minimum atomic E-state index is -3.01. The summed E-state index contributed by atoms with van der Waals surface area (Å²) in [6.45, 7) is 2.29. The molecule has 0 radical (unpaired) electrons. The van der Waals surface area contributed by atoms with E-state index < -0.39 is 5.69 Å². The van der Waals surface area contributed by atoms with Crippen LogP contribution in [0.3, 0.4) is 0 Å². The normalized spacial score (nSPS) is 12.0. The van der Waals surface area contributed by atoms with Gasteiger partial charge in [0.2, 0.25) is 5.69 Å². The number of rotatable bonds is 22. The van der Waals surface area contributed by atoms with Gasteiger partial charge in [-0.25, -0.2) is 0 Å². The molecule has 2 N–H and O–H groups in total. The molecular weight excluding hydrogens is 391 g/mol. The quantitative estimate of drug-likeness (QED) is 0.131. The smallest absolute Gasteiger partial charge is 0.242 e. The van der Waals surface area contributed by atoms with Crippen LogP contribution in [0.2, 0.25) is 0 Å². The van der Waals surface area contributed by atoms with Crippen LogP contribution in [0.1, 0.15) is 135 Å². The fourth-order valence-corrected chi connectivity index (χ4v) is 5.88. The monoisotopic (exact) mass is 438 g/mol. The van der Waals surface area contributed by atoms with Crippen LogP contribution in [-0.2, 0) is 11.8 Å². The summed E-state index contributed by atoms with van der Waals surface area (Å²) in [5, 5.41) is 0. The molecule has 0 saturated heterocycles. The zero-order valence-electron chi connectivity index (χ0n) is 18.0. The largest absolute Gasteiger partial charge is 0.338 e. The Morgan fingerprint density at radius 2 is 0.778 bits per heavy atom. The third-order valence-corrected chi connectivity index (χ3v) is 8.57. The van der Waals surface area contributed by atoms with Crippen LogP contribution in [-0.4, -0.2) is 15.5 Å². The number of unbranched alkanes of at least 4 members (excludes halogenated alkanes) is 19. The molecule has 2 nitrogen and oxygen atoms in total. The number of hydrogen-bond donors (Lipinski definition) is 2. The highest BCUT2D eigenvalue weighted by atomic mass is 32.9. The Labute approximate surface area is 179 Å². The van der Waals surface area contributed by atoms with Gasteiger partial charge in [0.15, 0.2) is 0 Å². The topological polar surface area (TPSA) is 40.5 Å². The lowest BCUT2D eigenvalue weighted by atomic mass is 10.0. The van der Waals surface area contributed by atoms with Crippen molar-refractivity contribution in [2.24, 2.45) is 0 Å². The summed E-state index contributed by atoms with van der Waals surface area (Å²) in [5.74, 6) is 0.795. The summed E-state index contributed by atoms with van der Waals surface area (Å²) in [7, 11) is 0. The maximum absolute atomic E-state index is 9.12. The van der Waals surface area contributed by atoms with Crippen LogP contribution in [0.4, 0.5) is 0 Å². The predicted octanol–water partition coefficient (Wildman–Crippen LogP) is 8.75. The summed E-state index contributed by atoms with van der Waals surface area (Å²) in [5.41, 5.74) is -3.01. The van der Waals surface area contributed by atoms with E-state index in [9.17, 15) is 0 Å². The summed E-state index contributed by atoms with van der Waals surface area (Å²) >= 11 is 5.76. The van der Waals surface area contributed by atoms with E-state index in [1.807, 2.05) is 0 Å². The molecule has 0 fully saturated rings. The van der Waals surface area contributed by atoms with Crippen molar-refractivity contribution in [2.45, 2.75) is 135 Å². The van der Waals surface area contributed by atoms with Crippen LogP contribution in [0.15, 0.2) is 0 Å². The Morgan fingerprint density at radius 3 is 1.04 bits per heavy atom. The second-order valence-electron chi connectivity index (χ2n) is 8.04. The summed E-state index contributed by atoms with van der Waals surface area (Å²) in [4.78, 5) is 18.2. The van der Waals surface area contributed by atoms with Gasteiger partial charge in [0, 0.05) is 5.75 Å². The molecule has 27 heavy (non-hydrogen) atoms. The van der Waals surface area contributed by atoms with Crippen LogP contribution in [0.25, 0.3) is 0 Å². The molecule has 0 aromatic carbocycles. The minimum absolute atomic E-state index is 0.795. The fourth-order valence-electron chi connectivity index (χ4n) is 3.54. The van der Waals surface area contributed by atoms with Gasteiger partial charge in [0.1, 0.15) is 0 Å². The zero-order valence-corrected chi connectivity index (χ0v) is 20.5. The first-order valence-corrected chi connectivity index (χ1v) is 16.1. The molecule has 0 bridgehead atoms. The lowest BCUT2D eigenvalue weighted by Crippen LogP contribution is -1.85. The van der Waals surface area contributed by atoms with Gasteiger partial charge in [-0.1, -0.05) is 140 Å². The molecule has 0 aliphatic rings. The molecular formula is C22H47O2PS2. The van der Waals surface area contributed by atoms with E-state index in [4.69, 9.17) is 9.79 Å². The van der Waals surface area contributed by atoms with E-state index in [0.29, 0.717) is 0 Å². The maximum atomic E-state index is 9.12. The van der Waals surface area contributed by atoms with E-state index in [1.165, 1.54) is 122 Å². The van der Waals surface area contributed by atoms with Crippen LogP contribution < -0.4 is 0 Å². The molecule has 0 saturated carbocycles. The molecule has 5 heteroatoms. The SMILES string of the molecule is CCCCCCCCCCCCCCCCCCCCCCSP(O)(O)=S. The fraction of sp³-hybridized carbons (Fsp3) is 1.00. The molecule has 0 rings (SSSR count). The van der Waals surface area contributed by atoms with Gasteiger partial charge in [-0.2, -0.15) is 0 Å². The Hall–Kier alpha value is 0.920. The van der Waals surface area contributed by atoms with E-state index in [0.717, 1.165) is 23.6 Å². The van der Waals surface area contributed by atoms with Gasteiger partial charge >= 0.3 is 0 Å². The van der Waals surface area contributed by atoms with Crippen molar-refractivity contribution >= 4 is 28.9 Å². The molecule has 0 spiro atoms. The Kier molecular flexibility index (Phi) is 22.4. The van der Waals surface area contributed by atoms with Gasteiger partial charge in [0.25, 0.3) is 0 Å². The van der Waals surface area contributed by atoms with Gasteiger partial charge in [-0.15, -0.1) is 0 Å². The second-order valence-corrected chi connectivity index (χ2v) is 14.2. The van der Waals surface area contributed by atoms with Gasteiger partial charge in [-0.3, -0.25) is 0 Å². The Bertz CT molecular complexity index is 334. The number of hydrogen-bond acceptors (Lipinski definition) is 2. The predicted molar refractivity (Wildman–Crippen MR) is 129 cm³/mol. The lowest BCUT2D eigenvalue weighted by molar-refractivity contribution is 0.502. The van der Waals surface area contributed by atoms with Crippen molar-refractivity contribution in [1.29, 1.82) is 0 Å². The van der Waals surface area contributed by atoms with Crippen molar-refractivity contribution < 1.29 is 9.79 Å². The average Bonchev–Trinajstić information content (AvgIpc) is 2.62. The first-order valence-electron chi connectivity index (χ1n) is 11.8. The van der Waals surface area contributed by atoms with Crippen LogP contribution >= 0.6 is 17.1 Å². The standard InChI is InChI=1S/C22H47O2PS2/c1-2-3-4-5-6-7-8-9-10-11-12-13-14-15-16-17-18-19-20-21-22-27-25(23,24)26/h2-22H2,1H3,(H2,23,24,26). The molecule has 0 aromatic rings.